The van der Waals surface area contributed by atoms with E-state index >= 15 is 0 Å². The van der Waals surface area contributed by atoms with Crippen LogP contribution in [0.5, 0.6) is 5.75 Å². The Morgan fingerprint density at radius 1 is 1.10 bits per heavy atom. The first-order chi connectivity index (χ1) is 14.5. The maximum Gasteiger partial charge on any atom is 0.340 e. The van der Waals surface area contributed by atoms with E-state index in [1.165, 1.54) is 0 Å². The molecule has 2 aromatic carbocycles. The minimum Gasteiger partial charge on any atom is -0.441 e. The number of ether oxygens (including phenoxy) is 2. The van der Waals surface area contributed by atoms with Crippen molar-refractivity contribution < 1.29 is 23.1 Å². The summed E-state index contributed by atoms with van der Waals surface area (Å²) < 4.78 is 22.2. The molecule has 0 fully saturated rings. The van der Waals surface area contributed by atoms with E-state index in [-0.39, 0.29) is 0 Å². The summed E-state index contributed by atoms with van der Waals surface area (Å²) in [5, 5.41) is 0. The van der Waals surface area contributed by atoms with Crippen molar-refractivity contribution in [3.05, 3.63) is 65.9 Å². The molecule has 0 spiro atoms. The molecule has 2 aromatic heterocycles. The lowest BCUT2D eigenvalue weighted by Gasteiger charge is -2.10. The highest BCUT2D eigenvalue weighted by Gasteiger charge is 2.18. The Labute approximate surface area is 173 Å². The number of carbonyl (C=O) groups excluding carboxylic acids is 1. The first kappa shape index (κ1) is 19.8. The molecule has 0 radical (unpaired) electrons. The third-order valence-electron chi connectivity index (χ3n) is 4.60. The summed E-state index contributed by atoms with van der Waals surface area (Å²) in [6.07, 6.45) is -0.236. The summed E-state index contributed by atoms with van der Waals surface area (Å²) in [7, 11) is 0. The van der Waals surface area contributed by atoms with Crippen LogP contribution in [0.2, 0.25) is 0 Å². The van der Waals surface area contributed by atoms with Crippen LogP contribution in [0.15, 0.2) is 57.4 Å². The second-order valence-electron chi connectivity index (χ2n) is 6.82. The Kier molecular flexibility index (Phi) is 5.63. The Morgan fingerprint density at radius 2 is 1.90 bits per heavy atom. The largest absolute Gasteiger partial charge is 0.441 e. The van der Waals surface area contributed by atoms with Crippen molar-refractivity contribution in [1.29, 1.82) is 0 Å². The van der Waals surface area contributed by atoms with Crippen LogP contribution in [0.4, 0.5) is 0 Å². The molecule has 4 rings (SSSR count). The monoisotopic (exact) mass is 406 g/mol. The molecule has 30 heavy (non-hydrogen) atoms. The van der Waals surface area contributed by atoms with E-state index in [0.717, 1.165) is 17.0 Å². The number of hydrogen-bond donors (Lipinski definition) is 0. The molecule has 4 aromatic rings. The number of rotatable bonds is 7. The van der Waals surface area contributed by atoms with Gasteiger partial charge in [-0.1, -0.05) is 18.2 Å². The molecule has 0 aliphatic heterocycles. The van der Waals surface area contributed by atoms with E-state index in [2.05, 4.69) is 9.97 Å². The van der Waals surface area contributed by atoms with Crippen LogP contribution < -0.4 is 4.74 Å². The maximum absolute atomic E-state index is 12.0. The van der Waals surface area contributed by atoms with Crippen LogP contribution in [-0.2, 0) is 16.0 Å². The number of benzene rings is 2. The van der Waals surface area contributed by atoms with Crippen molar-refractivity contribution in [3.8, 4) is 17.2 Å². The molecule has 0 aliphatic rings. The van der Waals surface area contributed by atoms with Crippen LogP contribution in [0, 0.1) is 6.92 Å². The normalized spacial score (nSPS) is 12.2. The third-order valence-corrected chi connectivity index (χ3v) is 4.60. The minimum atomic E-state index is -0.632. The lowest BCUT2D eigenvalue weighted by Crippen LogP contribution is -2.25. The topological polar surface area (TPSA) is 87.6 Å². The third kappa shape index (κ3) is 4.26. The highest BCUT2D eigenvalue weighted by Crippen LogP contribution is 2.26. The van der Waals surface area contributed by atoms with Crippen molar-refractivity contribution in [3.63, 3.8) is 0 Å². The van der Waals surface area contributed by atoms with Crippen molar-refractivity contribution >= 4 is 17.1 Å². The van der Waals surface area contributed by atoms with Gasteiger partial charge in [0.2, 0.25) is 11.8 Å². The average Bonchev–Trinajstić information content (AvgIpc) is 3.31. The zero-order valence-corrected chi connectivity index (χ0v) is 17.0. The van der Waals surface area contributed by atoms with Gasteiger partial charge in [0.15, 0.2) is 11.7 Å². The Hall–Kier alpha value is -3.45. The van der Waals surface area contributed by atoms with Gasteiger partial charge in [0.1, 0.15) is 17.0 Å². The number of aromatic nitrogens is 2. The van der Waals surface area contributed by atoms with Crippen LogP contribution in [-0.4, -0.2) is 28.6 Å². The Balaban J connectivity index is 1.52. The highest BCUT2D eigenvalue weighted by atomic mass is 16.6. The summed E-state index contributed by atoms with van der Waals surface area (Å²) >= 11 is 0. The van der Waals surface area contributed by atoms with Gasteiger partial charge in [-0.25, -0.2) is 14.8 Å². The summed E-state index contributed by atoms with van der Waals surface area (Å²) in [5.41, 5.74) is 2.88. The SMILES string of the molecule is CCOC(C)C(=O)Oc1ccc2oc(Cc3nc(-c4ccccc4)oc3C)nc2c1. The maximum atomic E-state index is 12.0. The summed E-state index contributed by atoms with van der Waals surface area (Å²) in [6, 6.07) is 14.8. The van der Waals surface area contributed by atoms with Gasteiger partial charge >= 0.3 is 5.97 Å². The van der Waals surface area contributed by atoms with Gasteiger partial charge in [-0.2, -0.15) is 0 Å². The fraction of sp³-hybridized carbons (Fsp3) is 0.261. The van der Waals surface area contributed by atoms with Crippen molar-refractivity contribution in [2.24, 2.45) is 0 Å². The fourth-order valence-electron chi connectivity index (χ4n) is 3.05. The Morgan fingerprint density at radius 3 is 2.67 bits per heavy atom. The second kappa shape index (κ2) is 8.51. The van der Waals surface area contributed by atoms with Crippen LogP contribution in [0.3, 0.4) is 0 Å². The summed E-state index contributed by atoms with van der Waals surface area (Å²) in [4.78, 5) is 21.1. The van der Waals surface area contributed by atoms with Gasteiger partial charge in [0.05, 0.1) is 12.1 Å². The number of hydrogen-bond acceptors (Lipinski definition) is 7. The van der Waals surface area contributed by atoms with Crippen LogP contribution >= 0.6 is 0 Å². The van der Waals surface area contributed by atoms with Gasteiger partial charge in [0, 0.05) is 18.2 Å². The minimum absolute atomic E-state index is 0.392. The number of carbonyl (C=O) groups is 1. The predicted molar refractivity (Wildman–Crippen MR) is 110 cm³/mol. The van der Waals surface area contributed by atoms with E-state index in [0.29, 0.717) is 41.7 Å². The van der Waals surface area contributed by atoms with Crippen LogP contribution in [0.25, 0.3) is 22.6 Å². The molecule has 0 N–H and O–H groups in total. The van der Waals surface area contributed by atoms with Crippen molar-refractivity contribution in [2.75, 3.05) is 6.61 Å². The summed E-state index contributed by atoms with van der Waals surface area (Å²) in [5.74, 6) is 1.73. The number of nitrogens with zero attached hydrogens (tertiary/aromatic N) is 2. The van der Waals surface area contributed by atoms with E-state index in [9.17, 15) is 4.79 Å². The molecule has 7 heteroatoms. The zero-order chi connectivity index (χ0) is 21.1. The van der Waals surface area contributed by atoms with Gasteiger partial charge in [0.25, 0.3) is 0 Å². The molecular formula is C23H22N2O5. The van der Waals surface area contributed by atoms with E-state index in [1.807, 2.05) is 44.2 Å². The first-order valence-corrected chi connectivity index (χ1v) is 9.78. The molecule has 0 aliphatic carbocycles. The molecule has 154 valence electrons. The highest BCUT2D eigenvalue weighted by molar-refractivity contribution is 5.79. The predicted octanol–water partition coefficient (Wildman–Crippen LogP) is 4.71. The molecule has 0 saturated heterocycles. The van der Waals surface area contributed by atoms with Crippen LogP contribution in [0.1, 0.15) is 31.2 Å². The van der Waals surface area contributed by atoms with Gasteiger partial charge in [-0.05, 0) is 45.0 Å². The molecule has 0 bridgehead atoms. The fourth-order valence-corrected chi connectivity index (χ4v) is 3.05. The van der Waals surface area contributed by atoms with Gasteiger partial charge in [-0.3, -0.25) is 0 Å². The number of oxazole rings is 2. The van der Waals surface area contributed by atoms with Gasteiger partial charge in [-0.15, -0.1) is 0 Å². The Bertz CT molecular complexity index is 1160. The second-order valence-corrected chi connectivity index (χ2v) is 6.82. The van der Waals surface area contributed by atoms with Gasteiger partial charge < -0.3 is 18.3 Å². The summed E-state index contributed by atoms with van der Waals surface area (Å²) in [6.45, 7) is 5.79. The smallest absolute Gasteiger partial charge is 0.340 e. The lowest BCUT2D eigenvalue weighted by atomic mass is 10.2. The quantitative estimate of drug-likeness (QED) is 0.324. The zero-order valence-electron chi connectivity index (χ0n) is 17.0. The molecule has 1 unspecified atom stereocenters. The molecule has 7 nitrogen and oxygen atoms in total. The lowest BCUT2D eigenvalue weighted by molar-refractivity contribution is -0.145. The van der Waals surface area contributed by atoms with E-state index in [4.69, 9.17) is 18.3 Å². The van der Waals surface area contributed by atoms with E-state index < -0.39 is 12.1 Å². The molecular weight excluding hydrogens is 384 g/mol. The van der Waals surface area contributed by atoms with Crippen molar-refractivity contribution in [2.45, 2.75) is 33.3 Å². The number of esters is 1. The van der Waals surface area contributed by atoms with E-state index in [1.54, 1.807) is 25.1 Å². The molecule has 2 heterocycles. The number of fused-ring (bicyclic) bond motifs is 1. The standard InChI is InChI=1S/C23H22N2O5/c1-4-27-15(3)23(26)29-17-10-11-20-19(12-17)24-21(30-20)13-18-14(2)28-22(25-18)16-8-6-5-7-9-16/h5-12,15H,4,13H2,1-3H3. The molecule has 0 amide bonds. The molecule has 1 atom stereocenters. The average molecular weight is 406 g/mol. The van der Waals surface area contributed by atoms with Crippen molar-refractivity contribution in [1.82, 2.24) is 9.97 Å². The first-order valence-electron chi connectivity index (χ1n) is 9.78. The number of aryl methyl sites for hydroxylation is 1. The molecule has 0 saturated carbocycles.